The van der Waals surface area contributed by atoms with Crippen LogP contribution in [0.5, 0.6) is 0 Å². The predicted molar refractivity (Wildman–Crippen MR) is 80.8 cm³/mol. The topological polar surface area (TPSA) is 39.9 Å². The van der Waals surface area contributed by atoms with E-state index in [1.807, 2.05) is 0 Å². The highest BCUT2D eigenvalue weighted by atomic mass is 15.2. The Morgan fingerprint density at radius 2 is 2.10 bits per heavy atom. The highest BCUT2D eigenvalue weighted by molar-refractivity contribution is 5.57. The standard InChI is InChI=1S/C17H23N3/c1-3-17(2)7-9-20(10-8-17)16-14(12-18)11-13-5-4-6-15(13)19-16/h11H,3-10H2,1-2H3. The van der Waals surface area contributed by atoms with Gasteiger partial charge in [-0.15, -0.1) is 0 Å². The van der Waals surface area contributed by atoms with Gasteiger partial charge in [0.05, 0.1) is 5.56 Å². The molecule has 1 aromatic heterocycles. The molecule has 20 heavy (non-hydrogen) atoms. The Morgan fingerprint density at radius 3 is 2.75 bits per heavy atom. The van der Waals surface area contributed by atoms with E-state index in [0.717, 1.165) is 37.3 Å². The quantitative estimate of drug-likeness (QED) is 0.825. The summed E-state index contributed by atoms with van der Waals surface area (Å²) in [4.78, 5) is 7.15. The molecule has 2 aliphatic rings. The zero-order valence-corrected chi connectivity index (χ0v) is 12.6. The normalized spacial score (nSPS) is 20.6. The van der Waals surface area contributed by atoms with Crippen molar-refractivity contribution in [1.29, 1.82) is 5.26 Å². The first-order valence-corrected chi connectivity index (χ1v) is 7.83. The molecule has 3 rings (SSSR count). The molecule has 3 heteroatoms. The van der Waals surface area contributed by atoms with Crippen molar-refractivity contribution in [2.45, 2.75) is 52.4 Å². The zero-order valence-electron chi connectivity index (χ0n) is 12.6. The minimum absolute atomic E-state index is 0.472. The molecule has 1 saturated heterocycles. The predicted octanol–water partition coefficient (Wildman–Crippen LogP) is 3.46. The second-order valence-corrected chi connectivity index (χ2v) is 6.58. The van der Waals surface area contributed by atoms with Crippen LogP contribution in [0.3, 0.4) is 0 Å². The lowest BCUT2D eigenvalue weighted by Gasteiger charge is -2.39. The molecule has 1 fully saturated rings. The van der Waals surface area contributed by atoms with Gasteiger partial charge in [-0.25, -0.2) is 4.98 Å². The molecule has 0 atom stereocenters. The van der Waals surface area contributed by atoms with E-state index >= 15 is 0 Å². The number of hydrogen-bond acceptors (Lipinski definition) is 3. The summed E-state index contributed by atoms with van der Waals surface area (Å²) in [5, 5.41) is 9.41. The van der Waals surface area contributed by atoms with Gasteiger partial charge in [-0.2, -0.15) is 5.26 Å². The third kappa shape index (κ3) is 2.28. The van der Waals surface area contributed by atoms with E-state index in [2.05, 4.69) is 30.9 Å². The van der Waals surface area contributed by atoms with Crippen molar-refractivity contribution < 1.29 is 0 Å². The summed E-state index contributed by atoms with van der Waals surface area (Å²) < 4.78 is 0. The van der Waals surface area contributed by atoms with Crippen molar-refractivity contribution in [3.63, 3.8) is 0 Å². The first-order valence-electron chi connectivity index (χ1n) is 7.83. The van der Waals surface area contributed by atoms with Crippen molar-refractivity contribution in [3.05, 3.63) is 22.9 Å². The summed E-state index contributed by atoms with van der Waals surface area (Å²) in [5.74, 6) is 0.936. The number of hydrogen-bond donors (Lipinski definition) is 0. The van der Waals surface area contributed by atoms with Crippen LogP contribution in [0.15, 0.2) is 6.07 Å². The van der Waals surface area contributed by atoms with Crippen LogP contribution >= 0.6 is 0 Å². The maximum atomic E-state index is 9.41. The monoisotopic (exact) mass is 269 g/mol. The van der Waals surface area contributed by atoms with Gasteiger partial charge in [0.2, 0.25) is 0 Å². The van der Waals surface area contributed by atoms with Crippen LogP contribution < -0.4 is 4.90 Å². The Balaban J connectivity index is 1.86. The summed E-state index contributed by atoms with van der Waals surface area (Å²) in [6.45, 7) is 6.73. The van der Waals surface area contributed by atoms with E-state index in [4.69, 9.17) is 4.98 Å². The van der Waals surface area contributed by atoms with Crippen LogP contribution in [0.4, 0.5) is 5.82 Å². The minimum Gasteiger partial charge on any atom is -0.355 e. The molecule has 1 aliphatic heterocycles. The summed E-state index contributed by atoms with van der Waals surface area (Å²) in [6.07, 6.45) is 6.99. The molecule has 0 spiro atoms. The van der Waals surface area contributed by atoms with Crippen LogP contribution in [0.25, 0.3) is 0 Å². The minimum atomic E-state index is 0.472. The van der Waals surface area contributed by atoms with Gasteiger partial charge in [-0.1, -0.05) is 20.3 Å². The lowest BCUT2D eigenvalue weighted by molar-refractivity contribution is 0.237. The molecular formula is C17H23N3. The molecule has 1 aromatic rings. The number of piperidine rings is 1. The second-order valence-electron chi connectivity index (χ2n) is 6.58. The summed E-state index contributed by atoms with van der Waals surface area (Å²) in [5.41, 5.74) is 3.76. The fourth-order valence-corrected chi connectivity index (χ4v) is 3.40. The summed E-state index contributed by atoms with van der Waals surface area (Å²) in [7, 11) is 0. The first-order chi connectivity index (χ1) is 9.65. The number of aromatic nitrogens is 1. The molecule has 0 amide bonds. The Morgan fingerprint density at radius 1 is 1.35 bits per heavy atom. The number of nitrogens with zero attached hydrogens (tertiary/aromatic N) is 3. The van der Waals surface area contributed by atoms with Crippen LogP contribution in [-0.4, -0.2) is 18.1 Å². The van der Waals surface area contributed by atoms with Gasteiger partial charge in [-0.3, -0.25) is 0 Å². The third-order valence-electron chi connectivity index (χ3n) is 5.27. The van der Waals surface area contributed by atoms with E-state index < -0.39 is 0 Å². The van der Waals surface area contributed by atoms with Gasteiger partial charge in [-0.05, 0) is 49.1 Å². The Hall–Kier alpha value is -1.56. The second kappa shape index (κ2) is 5.09. The van der Waals surface area contributed by atoms with Crippen molar-refractivity contribution in [2.24, 2.45) is 5.41 Å². The van der Waals surface area contributed by atoms with Crippen LogP contribution in [0.1, 0.15) is 56.4 Å². The largest absolute Gasteiger partial charge is 0.355 e. The fraction of sp³-hybridized carbons (Fsp3) is 0.647. The molecule has 0 aromatic carbocycles. The number of fused-ring (bicyclic) bond motifs is 1. The average molecular weight is 269 g/mol. The maximum Gasteiger partial charge on any atom is 0.146 e. The van der Waals surface area contributed by atoms with Gasteiger partial charge < -0.3 is 4.90 Å². The SMILES string of the molecule is CCC1(C)CCN(c2nc3c(cc2C#N)CCC3)CC1. The lowest BCUT2D eigenvalue weighted by Crippen LogP contribution is -2.39. The Kier molecular flexibility index (Phi) is 3.41. The number of aryl methyl sites for hydroxylation is 2. The van der Waals surface area contributed by atoms with E-state index in [9.17, 15) is 5.26 Å². The number of rotatable bonds is 2. The Labute approximate surface area is 121 Å². The Bertz CT molecular complexity index is 548. The molecule has 2 heterocycles. The molecule has 1 aliphatic carbocycles. The molecule has 0 N–H and O–H groups in total. The maximum absolute atomic E-state index is 9.41. The number of anilines is 1. The molecule has 0 unspecified atom stereocenters. The molecule has 0 radical (unpaired) electrons. The van der Waals surface area contributed by atoms with Crippen LogP contribution in [0.2, 0.25) is 0 Å². The van der Waals surface area contributed by atoms with Crippen molar-refractivity contribution in [1.82, 2.24) is 4.98 Å². The molecular weight excluding hydrogens is 246 g/mol. The number of pyridine rings is 1. The van der Waals surface area contributed by atoms with Gasteiger partial charge in [0.25, 0.3) is 0 Å². The highest BCUT2D eigenvalue weighted by Gasteiger charge is 2.30. The van der Waals surface area contributed by atoms with Crippen molar-refractivity contribution >= 4 is 5.82 Å². The van der Waals surface area contributed by atoms with Gasteiger partial charge in [0.15, 0.2) is 0 Å². The average Bonchev–Trinajstić information content (AvgIpc) is 2.94. The molecule has 0 bridgehead atoms. The van der Waals surface area contributed by atoms with Gasteiger partial charge in [0, 0.05) is 18.8 Å². The van der Waals surface area contributed by atoms with Gasteiger partial charge in [0.1, 0.15) is 11.9 Å². The highest BCUT2D eigenvalue weighted by Crippen LogP contribution is 2.36. The lowest BCUT2D eigenvalue weighted by atomic mass is 9.78. The zero-order chi connectivity index (χ0) is 14.2. The van der Waals surface area contributed by atoms with E-state index in [1.165, 1.54) is 36.9 Å². The van der Waals surface area contributed by atoms with E-state index in [0.29, 0.717) is 5.41 Å². The van der Waals surface area contributed by atoms with Crippen LogP contribution in [-0.2, 0) is 12.8 Å². The smallest absolute Gasteiger partial charge is 0.146 e. The van der Waals surface area contributed by atoms with E-state index in [-0.39, 0.29) is 0 Å². The third-order valence-corrected chi connectivity index (χ3v) is 5.27. The number of nitriles is 1. The van der Waals surface area contributed by atoms with Crippen molar-refractivity contribution in [3.8, 4) is 6.07 Å². The molecule has 3 nitrogen and oxygen atoms in total. The summed E-state index contributed by atoms with van der Waals surface area (Å²) in [6, 6.07) is 4.43. The van der Waals surface area contributed by atoms with Gasteiger partial charge >= 0.3 is 0 Å². The van der Waals surface area contributed by atoms with Crippen molar-refractivity contribution in [2.75, 3.05) is 18.0 Å². The first kappa shape index (κ1) is 13.4. The summed E-state index contributed by atoms with van der Waals surface area (Å²) >= 11 is 0. The van der Waals surface area contributed by atoms with E-state index in [1.54, 1.807) is 0 Å². The molecule has 106 valence electrons. The van der Waals surface area contributed by atoms with Crippen LogP contribution in [0, 0.1) is 16.7 Å². The molecule has 0 saturated carbocycles. The fourth-order valence-electron chi connectivity index (χ4n) is 3.40.